The number of rotatable bonds is 12. The zero-order valence-corrected chi connectivity index (χ0v) is 26.6. The van der Waals surface area contributed by atoms with E-state index >= 15 is 17.6 Å². The van der Waals surface area contributed by atoms with Crippen LogP contribution < -0.4 is 0 Å². The molecule has 0 spiro atoms. The third-order valence-electron chi connectivity index (χ3n) is 11.1. The second-order valence-electron chi connectivity index (χ2n) is 13.9. The quantitative estimate of drug-likeness (QED) is 0.126. The maximum atomic E-state index is 15.6. The predicted octanol–water partition coefficient (Wildman–Crippen LogP) is 12.2. The van der Waals surface area contributed by atoms with Gasteiger partial charge in [0.15, 0.2) is 24.7 Å². The lowest BCUT2D eigenvalue weighted by Crippen LogP contribution is -2.31. The van der Waals surface area contributed by atoms with Crippen LogP contribution in [-0.2, 0) is 0 Å². The Labute approximate surface area is 263 Å². The van der Waals surface area contributed by atoms with Gasteiger partial charge in [-0.2, -0.15) is 0 Å². The van der Waals surface area contributed by atoms with Gasteiger partial charge in [-0.15, -0.1) is 6.58 Å². The molecule has 5 rings (SSSR count). The molecule has 1 aromatic carbocycles. The van der Waals surface area contributed by atoms with Crippen molar-refractivity contribution in [3.8, 4) is 0 Å². The van der Waals surface area contributed by atoms with Gasteiger partial charge in [-0.25, -0.2) is 17.6 Å². The number of hydrogen-bond acceptors (Lipinski definition) is 0. The summed E-state index contributed by atoms with van der Waals surface area (Å²) >= 11 is 0. The Morgan fingerprint density at radius 2 is 1.14 bits per heavy atom. The zero-order valence-electron chi connectivity index (χ0n) is 26.6. The van der Waals surface area contributed by atoms with Crippen molar-refractivity contribution in [3.05, 3.63) is 83.5 Å². The third-order valence-corrected chi connectivity index (χ3v) is 11.1. The fourth-order valence-electron chi connectivity index (χ4n) is 8.26. The van der Waals surface area contributed by atoms with Crippen LogP contribution in [-0.4, -0.2) is 24.7 Å². The molecule has 1 aromatic rings. The van der Waals surface area contributed by atoms with Crippen molar-refractivity contribution >= 4 is 11.1 Å². The number of benzene rings is 1. The van der Waals surface area contributed by atoms with E-state index < -0.39 is 24.7 Å². The standard InChI is InChI=1S/C40H52F4/c1-3-5-6-7-8-9-10-33-23-24-34(38(42)37(33)41)31-19-21-32(22-20-31)36-26-25-35(39(43)40(36)44)30-17-15-29(16-18-30)28-13-11-27(4-2)12-14-28/h4,19-30,37-40H,2-3,5-18H2,1H3. The molecule has 4 unspecified atom stereocenters. The number of alkyl halides is 4. The molecule has 0 amide bonds. The van der Waals surface area contributed by atoms with Crippen molar-refractivity contribution in [3.63, 3.8) is 0 Å². The lowest BCUT2D eigenvalue weighted by Gasteiger charge is -2.39. The van der Waals surface area contributed by atoms with E-state index in [0.29, 0.717) is 51.7 Å². The van der Waals surface area contributed by atoms with Gasteiger partial charge in [0.25, 0.3) is 0 Å². The molecule has 240 valence electrons. The molecule has 0 saturated heterocycles. The Kier molecular flexibility index (Phi) is 11.8. The van der Waals surface area contributed by atoms with Gasteiger partial charge in [0, 0.05) is 0 Å². The molecule has 44 heavy (non-hydrogen) atoms. The second-order valence-corrected chi connectivity index (χ2v) is 13.9. The Morgan fingerprint density at radius 1 is 0.614 bits per heavy atom. The molecule has 0 heterocycles. The summed E-state index contributed by atoms with van der Waals surface area (Å²) in [6.45, 7) is 6.14. The van der Waals surface area contributed by atoms with Crippen LogP contribution in [0.1, 0.15) is 114 Å². The summed E-state index contributed by atoms with van der Waals surface area (Å²) < 4.78 is 61.3. The van der Waals surface area contributed by atoms with Gasteiger partial charge < -0.3 is 0 Å². The molecule has 4 aliphatic rings. The smallest absolute Gasteiger partial charge is 0.161 e. The van der Waals surface area contributed by atoms with E-state index in [4.69, 9.17) is 0 Å². The minimum Gasteiger partial charge on any atom is -0.239 e. The molecule has 0 N–H and O–H groups in total. The zero-order chi connectivity index (χ0) is 31.1. The van der Waals surface area contributed by atoms with E-state index in [1.54, 1.807) is 42.5 Å². The lowest BCUT2D eigenvalue weighted by molar-refractivity contribution is 0.152. The van der Waals surface area contributed by atoms with Gasteiger partial charge in [-0.1, -0.05) is 93.7 Å². The van der Waals surface area contributed by atoms with E-state index in [1.165, 1.54) is 44.9 Å². The molecule has 4 aliphatic carbocycles. The second kappa shape index (κ2) is 15.8. The van der Waals surface area contributed by atoms with Gasteiger partial charge in [-0.3, -0.25) is 0 Å². The van der Waals surface area contributed by atoms with Crippen LogP contribution in [0.2, 0.25) is 0 Å². The molecule has 4 atom stereocenters. The Balaban J connectivity index is 1.18. The van der Waals surface area contributed by atoms with E-state index in [9.17, 15) is 0 Å². The van der Waals surface area contributed by atoms with Crippen molar-refractivity contribution in [2.75, 3.05) is 0 Å². The molecule has 0 bridgehead atoms. The fourth-order valence-corrected chi connectivity index (χ4v) is 8.26. The van der Waals surface area contributed by atoms with Gasteiger partial charge in [0.2, 0.25) is 0 Å². The first-order valence-corrected chi connectivity index (χ1v) is 17.5. The van der Waals surface area contributed by atoms with Gasteiger partial charge in [0.1, 0.15) is 0 Å². The molecule has 0 radical (unpaired) electrons. The largest absolute Gasteiger partial charge is 0.239 e. The molecular weight excluding hydrogens is 556 g/mol. The minimum atomic E-state index is -1.72. The molecule has 0 nitrogen and oxygen atoms in total. The SMILES string of the molecule is C=CC1CCC(C2CCC(C3=CC=C(c4ccc(C5=CC=C(CCCCCCCC)C(F)C5F)cc4)C(F)C3F)CC2)CC1. The minimum absolute atomic E-state index is 0.108. The van der Waals surface area contributed by atoms with Crippen molar-refractivity contribution in [1.82, 2.24) is 0 Å². The maximum absolute atomic E-state index is 15.6. The van der Waals surface area contributed by atoms with Gasteiger partial charge in [0.05, 0.1) is 0 Å². The summed E-state index contributed by atoms with van der Waals surface area (Å²) in [5.41, 5.74) is 2.92. The summed E-state index contributed by atoms with van der Waals surface area (Å²) in [6.07, 6.45) is 18.7. The summed E-state index contributed by atoms with van der Waals surface area (Å²) in [6, 6.07) is 6.83. The maximum Gasteiger partial charge on any atom is 0.161 e. The molecule has 4 heteroatoms. The van der Waals surface area contributed by atoms with E-state index in [0.717, 1.165) is 50.9 Å². The topological polar surface area (TPSA) is 0 Å². The number of allylic oxidation sites excluding steroid dienone is 9. The van der Waals surface area contributed by atoms with Gasteiger partial charge >= 0.3 is 0 Å². The van der Waals surface area contributed by atoms with E-state index in [1.807, 2.05) is 6.08 Å². The first kappa shape index (κ1) is 33.0. The van der Waals surface area contributed by atoms with Crippen LogP contribution in [0.5, 0.6) is 0 Å². The van der Waals surface area contributed by atoms with Crippen LogP contribution in [0, 0.1) is 23.7 Å². The average molecular weight is 609 g/mol. The summed E-state index contributed by atoms with van der Waals surface area (Å²) in [5.74, 6) is 2.26. The molecule has 0 aliphatic heterocycles. The van der Waals surface area contributed by atoms with Crippen LogP contribution in [0.25, 0.3) is 11.1 Å². The normalized spacial score (nSPS) is 32.8. The first-order valence-electron chi connectivity index (χ1n) is 17.5. The monoisotopic (exact) mass is 608 g/mol. The first-order chi connectivity index (χ1) is 21.4. The van der Waals surface area contributed by atoms with Crippen LogP contribution in [0.15, 0.2) is 72.4 Å². The van der Waals surface area contributed by atoms with Crippen molar-refractivity contribution < 1.29 is 17.6 Å². The third kappa shape index (κ3) is 7.71. The highest BCUT2D eigenvalue weighted by molar-refractivity contribution is 5.77. The Morgan fingerprint density at radius 3 is 1.73 bits per heavy atom. The Hall–Kier alpha value is -2.36. The van der Waals surface area contributed by atoms with Crippen LogP contribution in [0.3, 0.4) is 0 Å². The van der Waals surface area contributed by atoms with Gasteiger partial charge in [-0.05, 0) is 121 Å². The highest BCUT2D eigenvalue weighted by Crippen LogP contribution is 2.46. The average Bonchev–Trinajstić information content (AvgIpc) is 3.06. The lowest BCUT2D eigenvalue weighted by atomic mass is 9.67. The number of hydrogen-bond donors (Lipinski definition) is 0. The number of unbranched alkanes of at least 4 members (excludes halogenated alkanes) is 5. The predicted molar refractivity (Wildman–Crippen MR) is 177 cm³/mol. The molecule has 2 saturated carbocycles. The van der Waals surface area contributed by atoms with Crippen LogP contribution in [0.4, 0.5) is 17.6 Å². The van der Waals surface area contributed by atoms with Crippen molar-refractivity contribution in [2.24, 2.45) is 23.7 Å². The highest BCUT2D eigenvalue weighted by Gasteiger charge is 2.38. The Bertz CT molecular complexity index is 1200. The number of halogens is 4. The fraction of sp³-hybridized carbons (Fsp3) is 0.600. The summed E-state index contributed by atoms with van der Waals surface area (Å²) in [7, 11) is 0. The van der Waals surface area contributed by atoms with Crippen molar-refractivity contribution in [2.45, 2.75) is 128 Å². The van der Waals surface area contributed by atoms with E-state index in [2.05, 4.69) is 19.6 Å². The highest BCUT2D eigenvalue weighted by atomic mass is 19.2. The molecule has 2 fully saturated rings. The van der Waals surface area contributed by atoms with Crippen LogP contribution >= 0.6 is 0 Å². The molecular formula is C40H52F4. The molecule has 0 aromatic heterocycles. The van der Waals surface area contributed by atoms with Crippen molar-refractivity contribution in [1.29, 1.82) is 0 Å². The van der Waals surface area contributed by atoms with E-state index in [-0.39, 0.29) is 5.92 Å². The summed E-state index contributed by atoms with van der Waals surface area (Å²) in [4.78, 5) is 0. The summed E-state index contributed by atoms with van der Waals surface area (Å²) in [5, 5.41) is 0.